The van der Waals surface area contributed by atoms with Gasteiger partial charge in [0.1, 0.15) is 0 Å². The number of nitrogens with zero attached hydrogens (tertiary/aromatic N) is 2. The van der Waals surface area contributed by atoms with Gasteiger partial charge >= 0.3 is 6.18 Å². The van der Waals surface area contributed by atoms with Gasteiger partial charge in [0.15, 0.2) is 0 Å². The summed E-state index contributed by atoms with van der Waals surface area (Å²) in [5, 5.41) is 18.4. The standard InChI is InChI=1S/C16H17F3N2O3S/c17-16(18,19)13-5-10(2-1-8(13)6-20)21-7-12-9-3-11(14(22)4-9)15(12)25(21,23)24/h1-2,5,9,11-12,14-15,22-24H,3-4,7H2/t9-,11+,12+,14+,15-/m1/s1. The van der Waals surface area contributed by atoms with Crippen LogP contribution in [0.1, 0.15) is 24.0 Å². The number of benzene rings is 1. The molecule has 1 aromatic rings. The molecular weight excluding hydrogens is 357 g/mol. The zero-order valence-corrected chi connectivity index (χ0v) is 13.8. The van der Waals surface area contributed by atoms with Gasteiger partial charge in [0.25, 0.3) is 0 Å². The molecule has 0 radical (unpaired) electrons. The van der Waals surface area contributed by atoms with E-state index >= 15 is 0 Å². The molecule has 0 spiro atoms. The van der Waals surface area contributed by atoms with Gasteiger partial charge in [-0.05, 0) is 37.0 Å². The van der Waals surface area contributed by atoms with Crippen LogP contribution in [0, 0.1) is 29.1 Å². The first-order valence-electron chi connectivity index (χ1n) is 7.98. The molecule has 3 aliphatic rings. The van der Waals surface area contributed by atoms with Gasteiger partial charge in [-0.2, -0.15) is 18.4 Å². The summed E-state index contributed by atoms with van der Waals surface area (Å²) in [5.74, 6) is -0.0875. The van der Waals surface area contributed by atoms with Crippen LogP contribution in [0.5, 0.6) is 0 Å². The third kappa shape index (κ3) is 2.35. The Hall–Kier alpha value is -1.47. The molecule has 1 saturated heterocycles. The van der Waals surface area contributed by atoms with Crippen LogP contribution in [0.3, 0.4) is 0 Å². The summed E-state index contributed by atoms with van der Waals surface area (Å²) in [6.45, 7) is 0.254. The van der Waals surface area contributed by atoms with Gasteiger partial charge in [-0.3, -0.25) is 13.4 Å². The number of alkyl halides is 3. The molecule has 2 aliphatic carbocycles. The predicted molar refractivity (Wildman–Crippen MR) is 85.9 cm³/mol. The first-order valence-corrected chi connectivity index (χ1v) is 9.55. The summed E-state index contributed by atoms with van der Waals surface area (Å²) in [6.07, 6.45) is -3.93. The maximum absolute atomic E-state index is 13.2. The van der Waals surface area contributed by atoms with Crippen molar-refractivity contribution in [1.82, 2.24) is 0 Å². The normalized spacial score (nSPS) is 37.0. The number of hydrogen-bond donors (Lipinski definition) is 3. The second-order valence-corrected chi connectivity index (χ2v) is 9.16. The van der Waals surface area contributed by atoms with Crippen molar-refractivity contribution in [1.29, 1.82) is 5.26 Å². The van der Waals surface area contributed by atoms with Gasteiger partial charge in [0, 0.05) is 18.4 Å². The quantitative estimate of drug-likeness (QED) is 0.701. The van der Waals surface area contributed by atoms with Crippen molar-refractivity contribution < 1.29 is 27.4 Å². The van der Waals surface area contributed by atoms with Crippen molar-refractivity contribution in [2.45, 2.75) is 30.4 Å². The van der Waals surface area contributed by atoms with E-state index in [0.29, 0.717) is 6.42 Å². The Morgan fingerprint density at radius 2 is 1.92 bits per heavy atom. The van der Waals surface area contributed by atoms with Crippen LogP contribution < -0.4 is 4.31 Å². The van der Waals surface area contributed by atoms with Gasteiger partial charge in [0.2, 0.25) is 0 Å². The molecule has 25 heavy (non-hydrogen) atoms. The zero-order chi connectivity index (χ0) is 18.1. The minimum absolute atomic E-state index is 0.0385. The Morgan fingerprint density at radius 3 is 2.56 bits per heavy atom. The maximum Gasteiger partial charge on any atom is 0.417 e. The Kier molecular flexibility index (Phi) is 3.57. The molecule has 2 saturated carbocycles. The zero-order valence-electron chi connectivity index (χ0n) is 13.0. The van der Waals surface area contributed by atoms with Gasteiger partial charge in [0.05, 0.1) is 34.2 Å². The smallest absolute Gasteiger partial charge is 0.393 e. The minimum atomic E-state index is -4.70. The van der Waals surface area contributed by atoms with Gasteiger partial charge in [-0.1, -0.05) is 0 Å². The van der Waals surface area contributed by atoms with Crippen LogP contribution in [0.15, 0.2) is 18.2 Å². The molecular formula is C16H17F3N2O3S. The minimum Gasteiger partial charge on any atom is -0.393 e. The molecule has 5 nitrogen and oxygen atoms in total. The summed E-state index contributed by atoms with van der Waals surface area (Å²) in [6, 6.07) is 4.71. The van der Waals surface area contributed by atoms with Crippen molar-refractivity contribution in [3.8, 4) is 6.07 Å². The highest BCUT2D eigenvalue weighted by molar-refractivity contribution is 8.26. The Morgan fingerprint density at radius 1 is 1.20 bits per heavy atom. The number of rotatable bonds is 1. The molecule has 9 heteroatoms. The Balaban J connectivity index is 1.73. The molecule has 3 fully saturated rings. The molecule has 0 unspecified atom stereocenters. The number of nitriles is 1. The maximum atomic E-state index is 13.2. The molecule has 5 atom stereocenters. The summed E-state index contributed by atoms with van der Waals surface area (Å²) < 4.78 is 62.3. The lowest BCUT2D eigenvalue weighted by atomic mass is 9.87. The van der Waals surface area contributed by atoms with Gasteiger partial charge in [-0.25, -0.2) is 0 Å². The molecule has 1 aliphatic heterocycles. The SMILES string of the molecule is N#Cc1ccc(N2C[C@H]3[C@@H]4C[C@H]([C@H]3S2(O)O)[C@@H](O)C4)cc1C(F)(F)F. The van der Waals surface area contributed by atoms with E-state index in [0.717, 1.165) is 18.6 Å². The van der Waals surface area contributed by atoms with Crippen LogP contribution in [0.4, 0.5) is 18.9 Å². The molecule has 0 amide bonds. The van der Waals surface area contributed by atoms with Crippen molar-refractivity contribution in [3.63, 3.8) is 0 Å². The fraction of sp³-hybridized carbons (Fsp3) is 0.562. The van der Waals surface area contributed by atoms with E-state index in [1.165, 1.54) is 16.4 Å². The van der Waals surface area contributed by atoms with E-state index in [4.69, 9.17) is 5.26 Å². The first-order chi connectivity index (χ1) is 11.6. The summed E-state index contributed by atoms with van der Waals surface area (Å²) in [7, 11) is -3.34. The molecule has 1 aromatic carbocycles. The highest BCUT2D eigenvalue weighted by Gasteiger charge is 2.62. The van der Waals surface area contributed by atoms with E-state index < -0.39 is 39.4 Å². The third-order valence-corrected chi connectivity index (χ3v) is 8.28. The predicted octanol–water partition coefficient (Wildman–Crippen LogP) is 3.45. The van der Waals surface area contributed by atoms with E-state index in [1.54, 1.807) is 0 Å². The molecule has 2 bridgehead atoms. The second-order valence-electron chi connectivity index (χ2n) is 7.05. The number of aliphatic hydroxyl groups is 1. The lowest BCUT2D eigenvalue weighted by Gasteiger charge is -2.45. The molecule has 1 heterocycles. The number of hydrogen-bond acceptors (Lipinski definition) is 5. The first kappa shape index (κ1) is 17.0. The largest absolute Gasteiger partial charge is 0.417 e. The van der Waals surface area contributed by atoms with E-state index in [9.17, 15) is 27.4 Å². The van der Waals surface area contributed by atoms with Crippen molar-refractivity contribution in [2.75, 3.05) is 10.8 Å². The van der Waals surface area contributed by atoms with Crippen LogP contribution in [-0.2, 0) is 6.18 Å². The van der Waals surface area contributed by atoms with Crippen LogP contribution in [-0.4, -0.2) is 32.1 Å². The average Bonchev–Trinajstić information content (AvgIpc) is 3.15. The van der Waals surface area contributed by atoms with Crippen LogP contribution in [0.2, 0.25) is 0 Å². The Bertz CT molecular complexity index is 764. The Labute approximate surface area is 144 Å². The molecule has 0 aromatic heterocycles. The van der Waals surface area contributed by atoms with Crippen molar-refractivity contribution >= 4 is 16.5 Å². The lowest BCUT2D eigenvalue weighted by Crippen LogP contribution is -2.36. The van der Waals surface area contributed by atoms with Crippen molar-refractivity contribution in [2.24, 2.45) is 17.8 Å². The molecule has 3 N–H and O–H groups in total. The second kappa shape index (κ2) is 5.27. The third-order valence-electron chi connectivity index (χ3n) is 5.85. The monoisotopic (exact) mass is 374 g/mol. The van der Waals surface area contributed by atoms with Gasteiger partial charge in [-0.15, -0.1) is 10.8 Å². The topological polar surface area (TPSA) is 87.7 Å². The van der Waals surface area contributed by atoms with E-state index in [1.807, 2.05) is 0 Å². The number of fused-ring (bicyclic) bond motifs is 5. The fourth-order valence-corrected chi connectivity index (χ4v) is 7.47. The highest BCUT2D eigenvalue weighted by Crippen LogP contribution is 2.69. The van der Waals surface area contributed by atoms with Crippen LogP contribution in [0.25, 0.3) is 0 Å². The van der Waals surface area contributed by atoms with Gasteiger partial charge < -0.3 is 5.11 Å². The van der Waals surface area contributed by atoms with Crippen LogP contribution >= 0.6 is 10.8 Å². The highest BCUT2D eigenvalue weighted by atomic mass is 32.3. The number of aliphatic hydroxyl groups excluding tert-OH is 1. The van der Waals surface area contributed by atoms with E-state index in [-0.39, 0.29) is 30.0 Å². The molecule has 4 rings (SSSR count). The summed E-state index contributed by atoms with van der Waals surface area (Å²) >= 11 is 0. The van der Waals surface area contributed by atoms with E-state index in [2.05, 4.69) is 0 Å². The van der Waals surface area contributed by atoms with Crippen molar-refractivity contribution in [3.05, 3.63) is 29.3 Å². The average molecular weight is 374 g/mol. The molecule has 136 valence electrons. The fourth-order valence-electron chi connectivity index (χ4n) is 4.83. The lowest BCUT2D eigenvalue weighted by molar-refractivity contribution is -0.137. The summed E-state index contributed by atoms with van der Waals surface area (Å²) in [4.78, 5) is 0. The number of halogens is 3. The summed E-state index contributed by atoms with van der Waals surface area (Å²) in [5.41, 5.74) is -1.53. The number of anilines is 1.